The second-order valence-corrected chi connectivity index (χ2v) is 6.21. The number of aryl methyl sites for hydroxylation is 1. The number of halogens is 1. The van der Waals surface area contributed by atoms with Crippen molar-refractivity contribution in [2.75, 3.05) is 33.9 Å². The van der Waals surface area contributed by atoms with Crippen molar-refractivity contribution in [2.45, 2.75) is 38.2 Å². The van der Waals surface area contributed by atoms with Gasteiger partial charge >= 0.3 is 0 Å². The van der Waals surface area contributed by atoms with E-state index in [0.29, 0.717) is 0 Å². The molecule has 0 aliphatic carbocycles. The van der Waals surface area contributed by atoms with Crippen LogP contribution in [0.3, 0.4) is 0 Å². The third-order valence-electron chi connectivity index (χ3n) is 4.22. The van der Waals surface area contributed by atoms with Crippen LogP contribution in [-0.4, -0.2) is 45.4 Å². The van der Waals surface area contributed by atoms with Gasteiger partial charge in [0.15, 0.2) is 5.96 Å². The van der Waals surface area contributed by atoms with E-state index in [1.807, 2.05) is 12.1 Å². The lowest BCUT2D eigenvalue weighted by atomic mass is 10.0. The van der Waals surface area contributed by atoms with Crippen molar-refractivity contribution >= 4 is 29.9 Å². The fraction of sp³-hybridized carbons (Fsp3) is 0.611. The van der Waals surface area contributed by atoms with E-state index in [4.69, 9.17) is 9.47 Å². The molecule has 1 aromatic carbocycles. The second-order valence-electron chi connectivity index (χ2n) is 6.21. The van der Waals surface area contributed by atoms with Crippen molar-refractivity contribution < 1.29 is 9.47 Å². The van der Waals surface area contributed by atoms with Gasteiger partial charge in [-0.1, -0.05) is 12.1 Å². The summed E-state index contributed by atoms with van der Waals surface area (Å²) in [6.07, 6.45) is 4.31. The molecule has 136 valence electrons. The fourth-order valence-corrected chi connectivity index (χ4v) is 2.79. The lowest BCUT2D eigenvalue weighted by Crippen LogP contribution is -2.45. The Morgan fingerprint density at radius 3 is 2.88 bits per heavy atom. The summed E-state index contributed by atoms with van der Waals surface area (Å²) >= 11 is 0. The van der Waals surface area contributed by atoms with Crippen LogP contribution in [0.2, 0.25) is 0 Å². The molecule has 1 atom stereocenters. The molecule has 6 heteroatoms. The normalized spacial score (nSPS) is 20.4. The van der Waals surface area contributed by atoms with E-state index in [0.717, 1.165) is 57.1 Å². The van der Waals surface area contributed by atoms with Crippen LogP contribution in [0.25, 0.3) is 0 Å². The van der Waals surface area contributed by atoms with E-state index in [-0.39, 0.29) is 29.6 Å². The predicted molar refractivity (Wildman–Crippen MR) is 110 cm³/mol. The molecule has 0 radical (unpaired) electrons. The van der Waals surface area contributed by atoms with Gasteiger partial charge in [-0.05, 0) is 50.3 Å². The van der Waals surface area contributed by atoms with Crippen LogP contribution >= 0.6 is 24.0 Å². The number of aliphatic imine (C=N–C) groups is 1. The van der Waals surface area contributed by atoms with Crippen LogP contribution in [0.5, 0.6) is 5.75 Å². The minimum absolute atomic E-state index is 0. The van der Waals surface area contributed by atoms with Crippen molar-refractivity contribution in [1.82, 2.24) is 10.6 Å². The maximum Gasteiger partial charge on any atom is 0.191 e. The first-order chi connectivity index (χ1) is 11.1. The highest BCUT2D eigenvalue weighted by Gasteiger charge is 2.29. The summed E-state index contributed by atoms with van der Waals surface area (Å²) in [7, 11) is 3.50. The molecule has 1 aliphatic heterocycles. The number of hydrogen-bond acceptors (Lipinski definition) is 3. The molecule has 1 unspecified atom stereocenters. The van der Waals surface area contributed by atoms with Gasteiger partial charge in [0.2, 0.25) is 0 Å². The largest absolute Gasteiger partial charge is 0.497 e. The Balaban J connectivity index is 0.00000288. The average Bonchev–Trinajstić information content (AvgIpc) is 3.01. The number of nitrogens with one attached hydrogen (secondary N) is 2. The molecule has 0 amide bonds. The van der Waals surface area contributed by atoms with E-state index < -0.39 is 0 Å². The summed E-state index contributed by atoms with van der Waals surface area (Å²) in [5.74, 6) is 1.75. The van der Waals surface area contributed by atoms with E-state index >= 15 is 0 Å². The highest BCUT2D eigenvalue weighted by molar-refractivity contribution is 14.0. The molecule has 1 aliphatic rings. The van der Waals surface area contributed by atoms with Crippen molar-refractivity contribution in [3.8, 4) is 5.75 Å². The molecule has 0 aromatic heterocycles. The summed E-state index contributed by atoms with van der Waals surface area (Å²) in [4.78, 5) is 4.27. The zero-order valence-corrected chi connectivity index (χ0v) is 17.3. The first-order valence-corrected chi connectivity index (χ1v) is 8.37. The minimum atomic E-state index is -0.0573. The highest BCUT2D eigenvalue weighted by Crippen LogP contribution is 2.23. The molecule has 1 aromatic rings. The number of hydrogen-bond donors (Lipinski definition) is 2. The number of rotatable bonds is 7. The predicted octanol–water partition coefficient (Wildman–Crippen LogP) is 2.98. The monoisotopic (exact) mass is 447 g/mol. The highest BCUT2D eigenvalue weighted by atomic mass is 127. The van der Waals surface area contributed by atoms with Crippen LogP contribution in [0.4, 0.5) is 0 Å². The molecule has 0 bridgehead atoms. The lowest BCUT2D eigenvalue weighted by molar-refractivity contribution is 0.0243. The molecule has 1 fully saturated rings. The van der Waals surface area contributed by atoms with Gasteiger partial charge in [-0.3, -0.25) is 4.99 Å². The molecular weight excluding hydrogens is 417 g/mol. The van der Waals surface area contributed by atoms with E-state index in [9.17, 15) is 0 Å². The van der Waals surface area contributed by atoms with Crippen LogP contribution in [-0.2, 0) is 11.2 Å². The minimum Gasteiger partial charge on any atom is -0.497 e. The van der Waals surface area contributed by atoms with Gasteiger partial charge in [0.25, 0.3) is 0 Å². The van der Waals surface area contributed by atoms with E-state index in [1.165, 1.54) is 5.56 Å². The van der Waals surface area contributed by atoms with Crippen molar-refractivity contribution in [3.63, 3.8) is 0 Å². The molecular formula is C18H30IN3O2. The summed E-state index contributed by atoms with van der Waals surface area (Å²) in [5, 5.41) is 6.72. The second kappa shape index (κ2) is 10.8. The van der Waals surface area contributed by atoms with Gasteiger partial charge in [-0.25, -0.2) is 0 Å². The Morgan fingerprint density at radius 1 is 1.38 bits per heavy atom. The summed E-state index contributed by atoms with van der Waals surface area (Å²) in [5.41, 5.74) is 1.24. The Kier molecular flexibility index (Phi) is 9.43. The quantitative estimate of drug-likeness (QED) is 0.292. The smallest absolute Gasteiger partial charge is 0.191 e. The molecule has 5 nitrogen and oxygen atoms in total. The van der Waals surface area contributed by atoms with Crippen LogP contribution < -0.4 is 15.4 Å². The fourth-order valence-electron chi connectivity index (χ4n) is 2.79. The molecule has 0 spiro atoms. The Morgan fingerprint density at radius 2 is 2.21 bits per heavy atom. The zero-order valence-electron chi connectivity index (χ0n) is 14.9. The zero-order chi connectivity index (χ0) is 16.5. The molecule has 0 saturated carbocycles. The summed E-state index contributed by atoms with van der Waals surface area (Å²) in [6, 6.07) is 8.22. The molecule has 1 heterocycles. The van der Waals surface area contributed by atoms with Gasteiger partial charge in [-0.15, -0.1) is 24.0 Å². The third kappa shape index (κ3) is 6.84. The van der Waals surface area contributed by atoms with Gasteiger partial charge in [0.05, 0.1) is 12.7 Å². The SMILES string of the molecule is CN=C(NCCCc1cccc(OC)c1)NCC1(C)CCCO1.I. The Labute approximate surface area is 162 Å². The maximum atomic E-state index is 5.78. The number of nitrogens with zero attached hydrogens (tertiary/aromatic N) is 1. The standard InChI is InChI=1S/C18H29N3O2.HI/c1-18(10-6-12-23-18)14-21-17(19-2)20-11-5-8-15-7-4-9-16(13-15)22-3;/h4,7,9,13H,5-6,8,10-12,14H2,1-3H3,(H2,19,20,21);1H. The Hall–Kier alpha value is -1.02. The third-order valence-corrected chi connectivity index (χ3v) is 4.22. The van der Waals surface area contributed by atoms with Gasteiger partial charge < -0.3 is 20.1 Å². The van der Waals surface area contributed by atoms with E-state index in [2.05, 4.69) is 34.7 Å². The molecule has 24 heavy (non-hydrogen) atoms. The average molecular weight is 447 g/mol. The molecule has 2 rings (SSSR count). The van der Waals surface area contributed by atoms with Gasteiger partial charge in [0, 0.05) is 26.7 Å². The molecule has 2 N–H and O–H groups in total. The van der Waals surface area contributed by atoms with Crippen molar-refractivity contribution in [3.05, 3.63) is 29.8 Å². The van der Waals surface area contributed by atoms with Crippen molar-refractivity contribution in [1.29, 1.82) is 0 Å². The van der Waals surface area contributed by atoms with E-state index in [1.54, 1.807) is 14.2 Å². The van der Waals surface area contributed by atoms with Crippen LogP contribution in [0.1, 0.15) is 31.7 Å². The molecule has 1 saturated heterocycles. The van der Waals surface area contributed by atoms with Crippen LogP contribution in [0, 0.1) is 0 Å². The van der Waals surface area contributed by atoms with Crippen molar-refractivity contribution in [2.24, 2.45) is 4.99 Å². The van der Waals surface area contributed by atoms with Crippen LogP contribution in [0.15, 0.2) is 29.3 Å². The van der Waals surface area contributed by atoms with Gasteiger partial charge in [-0.2, -0.15) is 0 Å². The maximum absolute atomic E-state index is 5.78. The summed E-state index contributed by atoms with van der Waals surface area (Å²) in [6.45, 7) is 4.70. The van der Waals surface area contributed by atoms with Gasteiger partial charge in [0.1, 0.15) is 5.75 Å². The Bertz CT molecular complexity index is 517. The number of benzene rings is 1. The summed E-state index contributed by atoms with van der Waals surface area (Å²) < 4.78 is 11.0. The topological polar surface area (TPSA) is 54.9 Å². The first kappa shape index (κ1) is 21.0. The lowest BCUT2D eigenvalue weighted by Gasteiger charge is -2.24. The number of ether oxygens (including phenoxy) is 2. The number of methoxy groups -OCH3 is 1. The number of guanidine groups is 1. The first-order valence-electron chi connectivity index (χ1n) is 8.37.